The fourth-order valence-electron chi connectivity index (χ4n) is 2.28. The molecule has 0 fully saturated rings. The summed E-state index contributed by atoms with van der Waals surface area (Å²) < 4.78 is 26.7. The molecule has 1 aromatic carbocycles. The third-order valence-corrected chi connectivity index (χ3v) is 3.64. The maximum absolute atomic E-state index is 11.5. The van der Waals surface area contributed by atoms with Gasteiger partial charge in [0, 0.05) is 24.4 Å². The van der Waals surface area contributed by atoms with Crippen molar-refractivity contribution in [3.8, 4) is 0 Å². The fraction of sp³-hybridized carbons (Fsp3) is 0.667. The van der Waals surface area contributed by atoms with Crippen LogP contribution in [0.2, 0.25) is 0 Å². The Balaban J connectivity index is 1.82. The Labute approximate surface area is 183 Å². The van der Waals surface area contributed by atoms with Crippen LogP contribution in [0, 0.1) is 10.1 Å². The van der Waals surface area contributed by atoms with Gasteiger partial charge in [-0.05, 0) is 32.9 Å². The zero-order chi connectivity index (χ0) is 23.0. The topological polar surface area (TPSA) is 118 Å². The van der Waals surface area contributed by atoms with Crippen molar-refractivity contribution in [1.29, 1.82) is 0 Å². The van der Waals surface area contributed by atoms with Gasteiger partial charge in [0.05, 0.1) is 64.2 Å². The Morgan fingerprint density at radius 3 is 1.84 bits per heavy atom. The molecule has 0 aliphatic rings. The van der Waals surface area contributed by atoms with Crippen molar-refractivity contribution in [1.82, 2.24) is 0 Å². The van der Waals surface area contributed by atoms with Crippen LogP contribution in [0.5, 0.6) is 0 Å². The van der Waals surface area contributed by atoms with Gasteiger partial charge in [-0.25, -0.2) is 0 Å². The van der Waals surface area contributed by atoms with Crippen LogP contribution in [-0.2, 0) is 28.5 Å². The quantitative estimate of drug-likeness (QED) is 0.168. The first-order chi connectivity index (χ1) is 14.8. The number of hydrogen-bond donors (Lipinski definition) is 1. The minimum Gasteiger partial charge on any atom is -0.460 e. The van der Waals surface area contributed by atoms with Crippen LogP contribution < -0.4 is 5.32 Å². The zero-order valence-corrected chi connectivity index (χ0v) is 18.6. The van der Waals surface area contributed by atoms with Crippen LogP contribution in [-0.4, -0.2) is 75.9 Å². The summed E-state index contributed by atoms with van der Waals surface area (Å²) in [7, 11) is 0. The van der Waals surface area contributed by atoms with E-state index in [4.69, 9.17) is 23.7 Å². The summed E-state index contributed by atoms with van der Waals surface area (Å²) in [6.07, 6.45) is 0.226. The lowest BCUT2D eigenvalue weighted by Gasteiger charge is -2.19. The van der Waals surface area contributed by atoms with E-state index in [0.29, 0.717) is 59.4 Å². The number of hydrogen-bond acceptors (Lipinski definition) is 9. The van der Waals surface area contributed by atoms with Crippen molar-refractivity contribution in [2.45, 2.75) is 32.8 Å². The number of nitrogens with zero attached hydrogens (tertiary/aromatic N) is 1. The molecule has 31 heavy (non-hydrogen) atoms. The summed E-state index contributed by atoms with van der Waals surface area (Å²) in [5, 5.41) is 13.7. The number of nitrogens with one attached hydrogen (secondary N) is 1. The smallest absolute Gasteiger partial charge is 0.308 e. The predicted molar refractivity (Wildman–Crippen MR) is 115 cm³/mol. The van der Waals surface area contributed by atoms with E-state index >= 15 is 0 Å². The molecule has 0 bridgehead atoms. The molecule has 1 rings (SSSR count). The van der Waals surface area contributed by atoms with Gasteiger partial charge in [-0.3, -0.25) is 14.9 Å². The fourth-order valence-corrected chi connectivity index (χ4v) is 2.28. The van der Waals surface area contributed by atoms with Crippen LogP contribution in [0.25, 0.3) is 0 Å². The largest absolute Gasteiger partial charge is 0.460 e. The van der Waals surface area contributed by atoms with E-state index in [1.807, 2.05) is 20.8 Å². The van der Waals surface area contributed by atoms with E-state index in [9.17, 15) is 14.9 Å². The standard InChI is InChI=1S/C21H34N2O8/c1-21(2,3)31-20(24)8-10-27-12-14-29-16-17-30-15-13-28-11-9-22-18-4-6-19(7-5-18)23(25)26/h4-7,22H,8-17H2,1-3H3. The van der Waals surface area contributed by atoms with Gasteiger partial charge < -0.3 is 29.0 Å². The lowest BCUT2D eigenvalue weighted by molar-refractivity contribution is -0.384. The Morgan fingerprint density at radius 2 is 1.35 bits per heavy atom. The molecule has 1 N–H and O–H groups in total. The molecule has 0 aliphatic heterocycles. The van der Waals surface area contributed by atoms with Gasteiger partial charge in [-0.2, -0.15) is 0 Å². The average molecular weight is 443 g/mol. The maximum Gasteiger partial charge on any atom is 0.308 e. The van der Waals surface area contributed by atoms with Crippen molar-refractivity contribution in [3.05, 3.63) is 34.4 Å². The maximum atomic E-state index is 11.5. The highest BCUT2D eigenvalue weighted by atomic mass is 16.6. The summed E-state index contributed by atoms with van der Waals surface area (Å²) in [6.45, 7) is 9.58. The first kappa shape index (κ1) is 26.8. The van der Waals surface area contributed by atoms with E-state index < -0.39 is 10.5 Å². The van der Waals surface area contributed by atoms with E-state index in [1.54, 1.807) is 12.1 Å². The van der Waals surface area contributed by atoms with Gasteiger partial charge >= 0.3 is 5.97 Å². The van der Waals surface area contributed by atoms with E-state index in [-0.39, 0.29) is 18.1 Å². The summed E-state index contributed by atoms with van der Waals surface area (Å²) in [6, 6.07) is 6.23. The van der Waals surface area contributed by atoms with Crippen molar-refractivity contribution in [3.63, 3.8) is 0 Å². The highest BCUT2D eigenvalue weighted by molar-refractivity contribution is 5.69. The molecule has 0 spiro atoms. The number of esters is 1. The second kappa shape index (κ2) is 15.5. The number of anilines is 1. The highest BCUT2D eigenvalue weighted by Gasteiger charge is 2.15. The number of benzene rings is 1. The van der Waals surface area contributed by atoms with E-state index in [1.165, 1.54) is 12.1 Å². The Hall–Kier alpha value is -2.27. The SMILES string of the molecule is CC(C)(C)OC(=O)CCOCCOCCOCCOCCNc1ccc([N+](=O)[O-])cc1. The number of rotatable bonds is 17. The average Bonchev–Trinajstić information content (AvgIpc) is 2.70. The van der Waals surface area contributed by atoms with Gasteiger partial charge in [0.15, 0.2) is 0 Å². The van der Waals surface area contributed by atoms with E-state index in [0.717, 1.165) is 5.69 Å². The molecule has 0 amide bonds. The summed E-state index contributed by atoms with van der Waals surface area (Å²) >= 11 is 0. The molecule has 0 heterocycles. The van der Waals surface area contributed by atoms with Crippen LogP contribution in [0.3, 0.4) is 0 Å². The Bertz CT molecular complexity index is 631. The number of carbonyl (C=O) groups is 1. The molecule has 0 unspecified atom stereocenters. The molecule has 0 atom stereocenters. The zero-order valence-electron chi connectivity index (χ0n) is 18.6. The van der Waals surface area contributed by atoms with Crippen molar-refractivity contribution >= 4 is 17.3 Å². The highest BCUT2D eigenvalue weighted by Crippen LogP contribution is 2.14. The van der Waals surface area contributed by atoms with Gasteiger partial charge in [0.25, 0.3) is 5.69 Å². The summed E-state index contributed by atoms with van der Waals surface area (Å²) in [4.78, 5) is 21.7. The third kappa shape index (κ3) is 15.2. The van der Waals surface area contributed by atoms with Crippen LogP contribution >= 0.6 is 0 Å². The lowest BCUT2D eigenvalue weighted by atomic mass is 10.2. The molecule has 176 valence electrons. The normalized spacial score (nSPS) is 11.3. The minimum atomic E-state index is -0.475. The van der Waals surface area contributed by atoms with Crippen LogP contribution in [0.4, 0.5) is 11.4 Å². The van der Waals surface area contributed by atoms with Crippen molar-refractivity contribution in [2.75, 3.05) is 64.7 Å². The number of nitro benzene ring substituents is 1. The first-order valence-corrected chi connectivity index (χ1v) is 10.3. The molecule has 10 nitrogen and oxygen atoms in total. The lowest BCUT2D eigenvalue weighted by Crippen LogP contribution is -2.24. The monoisotopic (exact) mass is 442 g/mol. The van der Waals surface area contributed by atoms with Crippen molar-refractivity contribution < 1.29 is 33.4 Å². The van der Waals surface area contributed by atoms with Crippen LogP contribution in [0.15, 0.2) is 24.3 Å². The molecule has 0 aliphatic carbocycles. The predicted octanol–water partition coefficient (Wildman–Crippen LogP) is 2.80. The molecule has 0 radical (unpaired) electrons. The molecule has 10 heteroatoms. The molecule has 0 saturated heterocycles. The Kier molecular flexibility index (Phi) is 13.4. The molecular formula is C21H34N2O8. The molecule has 1 aromatic rings. The molecular weight excluding hydrogens is 408 g/mol. The van der Waals surface area contributed by atoms with Gasteiger partial charge in [0.2, 0.25) is 0 Å². The van der Waals surface area contributed by atoms with Gasteiger partial charge in [-0.15, -0.1) is 0 Å². The minimum absolute atomic E-state index is 0.0636. The number of non-ortho nitro benzene ring substituents is 1. The summed E-state index contributed by atoms with van der Waals surface area (Å²) in [5.74, 6) is -0.272. The van der Waals surface area contributed by atoms with Crippen molar-refractivity contribution in [2.24, 2.45) is 0 Å². The number of nitro groups is 1. The summed E-state index contributed by atoms with van der Waals surface area (Å²) in [5.41, 5.74) is 0.391. The molecule has 0 saturated carbocycles. The second-order valence-electron chi connectivity index (χ2n) is 7.52. The van der Waals surface area contributed by atoms with Gasteiger partial charge in [-0.1, -0.05) is 0 Å². The number of carbonyl (C=O) groups excluding carboxylic acids is 1. The van der Waals surface area contributed by atoms with Crippen LogP contribution in [0.1, 0.15) is 27.2 Å². The molecule has 0 aromatic heterocycles. The Morgan fingerprint density at radius 1 is 0.871 bits per heavy atom. The van der Waals surface area contributed by atoms with E-state index in [2.05, 4.69) is 5.32 Å². The first-order valence-electron chi connectivity index (χ1n) is 10.3. The van der Waals surface area contributed by atoms with Gasteiger partial charge in [0.1, 0.15) is 5.60 Å². The third-order valence-electron chi connectivity index (χ3n) is 3.64. The second-order valence-corrected chi connectivity index (χ2v) is 7.52. The number of ether oxygens (including phenoxy) is 5.